The fraction of sp³-hybridized carbons (Fsp3) is 0.385. The zero-order chi connectivity index (χ0) is 51.8. The Bertz CT molecular complexity index is 2810. The van der Waals surface area contributed by atoms with Crippen LogP contribution in [0.3, 0.4) is 0 Å². The van der Waals surface area contributed by atoms with Crippen molar-refractivity contribution in [2.24, 2.45) is 0 Å². The van der Waals surface area contributed by atoms with Gasteiger partial charge in [-0.15, -0.1) is 22.7 Å². The van der Waals surface area contributed by atoms with E-state index in [0.717, 1.165) is 37.4 Å². The predicted molar refractivity (Wildman–Crippen MR) is 336 cm³/mol. The minimum Gasteiger partial charge on any atom is -0.496 e. The van der Waals surface area contributed by atoms with Crippen molar-refractivity contribution < 1.29 is 43.3 Å². The van der Waals surface area contributed by atoms with Gasteiger partial charge in [-0.3, -0.25) is 9.59 Å². The van der Waals surface area contributed by atoms with Crippen molar-refractivity contribution in [1.82, 2.24) is 10.2 Å². The molecule has 4 aromatic rings. The molecular formula is C39H52N2O9S20. The van der Waals surface area contributed by atoms with Gasteiger partial charge < -0.3 is 24.8 Å². The van der Waals surface area contributed by atoms with Crippen molar-refractivity contribution in [2.75, 3.05) is 27.3 Å². The van der Waals surface area contributed by atoms with E-state index in [4.69, 9.17) is 56.1 Å². The van der Waals surface area contributed by atoms with E-state index < -0.39 is 11.9 Å². The first-order valence-corrected chi connectivity index (χ1v) is 43.4. The number of carbonyl (C=O) groups excluding carboxylic acids is 5. The van der Waals surface area contributed by atoms with Gasteiger partial charge in [-0.2, -0.15) is 19.2 Å². The molecule has 0 aliphatic heterocycles. The average molecular weight is 1330 g/mol. The van der Waals surface area contributed by atoms with E-state index in [1.807, 2.05) is 64.9 Å². The number of amides is 1. The van der Waals surface area contributed by atoms with Crippen LogP contribution >= 0.6 is 22.7 Å². The van der Waals surface area contributed by atoms with Gasteiger partial charge in [0.2, 0.25) is 5.91 Å². The third kappa shape index (κ3) is 39.5. The lowest BCUT2D eigenvalue weighted by atomic mass is 9.98. The Morgan fingerprint density at radius 3 is 1.36 bits per heavy atom. The van der Waals surface area contributed by atoms with Crippen molar-refractivity contribution in [3.05, 3.63) is 104 Å². The number of thiophene rings is 2. The van der Waals surface area contributed by atoms with Crippen LogP contribution < -0.4 is 14.8 Å². The van der Waals surface area contributed by atoms with Gasteiger partial charge >= 0.3 is 18.3 Å². The molecule has 0 radical (unpaired) electrons. The number of nitrogens with zero attached hydrogens (tertiary/aromatic N) is 1. The summed E-state index contributed by atoms with van der Waals surface area (Å²) in [6.45, 7) is 11.5. The zero-order valence-electron chi connectivity index (χ0n) is 37.3. The smallest absolute Gasteiger partial charge is 0.373 e. The summed E-state index contributed by atoms with van der Waals surface area (Å²) < 4.78 is 10.4. The van der Waals surface area contributed by atoms with Crippen LogP contribution in [-0.4, -0.2) is 61.5 Å². The summed E-state index contributed by atoms with van der Waals surface area (Å²) in [5.41, 5.74) is 1.65. The molecule has 0 aliphatic carbocycles. The molecule has 2 aromatic carbocycles. The Labute approximate surface area is 474 Å². The van der Waals surface area contributed by atoms with Gasteiger partial charge in [0.25, 0.3) is 0 Å². The predicted octanol–water partition coefficient (Wildman–Crippen LogP) is 7.86. The number of aliphatic carboxylic acids is 1. The fourth-order valence-corrected chi connectivity index (χ4v) is 44.5. The Balaban J connectivity index is -0.000000845. The van der Waals surface area contributed by atoms with E-state index >= 15 is 0 Å². The third-order valence-corrected chi connectivity index (χ3v) is 42.5. The van der Waals surface area contributed by atoms with Gasteiger partial charge in [-0.05, 0) is 68.3 Å². The van der Waals surface area contributed by atoms with Gasteiger partial charge in [0, 0.05) is 198 Å². The first-order valence-electron chi connectivity index (χ1n) is 18.9. The van der Waals surface area contributed by atoms with Gasteiger partial charge in [0.05, 0.1) is 32.6 Å². The number of hydrogen-bond donors (Lipinski definition) is 2. The van der Waals surface area contributed by atoms with Crippen LogP contribution in [0.4, 0.5) is 0 Å². The summed E-state index contributed by atoms with van der Waals surface area (Å²) in [6.07, 6.45) is 2.67. The van der Waals surface area contributed by atoms with Crippen LogP contribution in [0.5, 0.6) is 11.5 Å². The molecule has 0 fully saturated rings. The highest BCUT2D eigenvalue weighted by Crippen LogP contribution is 2.29. The molecule has 0 saturated carbocycles. The lowest BCUT2D eigenvalue weighted by Crippen LogP contribution is -2.34. The second-order valence-corrected chi connectivity index (χ2v) is 42.0. The van der Waals surface area contributed by atoms with Crippen molar-refractivity contribution in [2.45, 2.75) is 72.9 Å². The zero-order valence-corrected chi connectivity index (χ0v) is 53.6. The Kier molecular flexibility index (Phi) is 56.9. The van der Waals surface area contributed by atoms with Crippen molar-refractivity contribution in [3.63, 3.8) is 0 Å². The maximum absolute atomic E-state index is 12.9. The van der Waals surface area contributed by atoms with Gasteiger partial charge in [0.1, 0.15) is 11.5 Å². The van der Waals surface area contributed by atoms with Gasteiger partial charge in [-0.25, -0.2) is 0 Å². The standard InChI is InChI=1S/C18H23NO2S.C10H12O3.C8H13NS.2CO2.CH4.S18/c1-4-11-19(13-15-8-7-12-22-15)18(20)14(2)16-9-5-6-10-17(16)21-3;1-7(10(11)12)8-5-3-4-6-9(8)13-2;1-2-5-9-7-8-4-3-6-10-8;2*2-1-3;;1-3-5-7-9-11-13-15-17-18-16-14-12-10-8-6-4-2/h5-10,12,14H,4,11,13H2,1-3H3;3-7H,1-2H3,(H,11,12);3-4,6,9H,2,5,7H2,1H3;;;1H4;/t14-;7-;;;;;/m11...../s1. The number of ether oxygens (including phenoxy) is 2. The molecule has 2 atom stereocenters. The van der Waals surface area contributed by atoms with Crippen molar-refractivity contribution in [3.8, 4) is 11.5 Å². The van der Waals surface area contributed by atoms with E-state index in [0.29, 0.717) is 17.9 Å². The number of hydrogen-bond acceptors (Lipinski definition) is 13. The molecule has 11 nitrogen and oxygen atoms in total. The maximum Gasteiger partial charge on any atom is 0.373 e. The Morgan fingerprint density at radius 1 is 0.629 bits per heavy atom. The van der Waals surface area contributed by atoms with Crippen LogP contribution in [-0.2, 0) is 206 Å². The number of para-hydroxylation sites is 2. The second-order valence-electron chi connectivity index (χ2n) is 11.6. The molecule has 70 heavy (non-hydrogen) atoms. The monoisotopic (exact) mass is 1330 g/mol. The number of nitrogens with one attached hydrogen (secondary N) is 1. The first kappa shape index (κ1) is 73.3. The highest BCUT2D eigenvalue weighted by atomic mass is 33.5. The molecule has 0 unspecified atom stereocenters. The highest BCUT2D eigenvalue weighted by Gasteiger charge is 2.24. The molecule has 0 aliphatic rings. The molecule has 0 spiro atoms. The number of benzene rings is 2. The first-order chi connectivity index (χ1) is 33.5. The van der Waals surface area contributed by atoms with Gasteiger partial charge in [0.15, 0.2) is 0 Å². The molecule has 0 bridgehead atoms. The molecule has 4 rings (SSSR count). The normalized spacial score (nSPS) is 9.57. The second kappa shape index (κ2) is 54.3. The number of methoxy groups -OCH3 is 2. The number of carboxylic acid groups (broad SMARTS) is 1. The molecule has 1 amide bonds. The Hall–Kier alpha value is -0.940. The molecule has 2 N–H and O–H groups in total. The van der Waals surface area contributed by atoms with E-state index in [1.54, 1.807) is 168 Å². The van der Waals surface area contributed by atoms with Crippen LogP contribution in [0.2, 0.25) is 0 Å². The van der Waals surface area contributed by atoms with E-state index in [9.17, 15) is 9.59 Å². The number of carboxylic acids is 1. The van der Waals surface area contributed by atoms with Crippen LogP contribution in [0.1, 0.15) is 80.7 Å². The summed E-state index contributed by atoms with van der Waals surface area (Å²) >= 11 is 13.0. The Morgan fingerprint density at radius 2 is 1.01 bits per heavy atom. The third-order valence-electron chi connectivity index (χ3n) is 7.41. The number of carbonyl (C=O) groups is 2. The largest absolute Gasteiger partial charge is 0.496 e. The fourth-order valence-electron chi connectivity index (χ4n) is 4.68. The van der Waals surface area contributed by atoms with Crippen LogP contribution in [0, 0.1) is 0 Å². The van der Waals surface area contributed by atoms with Crippen LogP contribution in [0.25, 0.3) is 0 Å². The molecule has 0 saturated heterocycles. The molecule has 2 aromatic heterocycles. The molecule has 392 valence electrons. The van der Waals surface area contributed by atoms with E-state index in [2.05, 4.69) is 42.7 Å². The van der Waals surface area contributed by atoms with E-state index in [1.165, 1.54) is 41.0 Å². The molecule has 2 heterocycles. The SMILES string of the molecule is C.CCCN(Cc1cccs1)C(=O)[C@H](C)c1ccccc1OC.CCCNCc1cccs1.COc1ccccc1[C@@H](C)C(=O)O.O=C=O.O=C=O.S=S=S=S=S=S=S=S=S=S=S=S=S=S=S=S=S=S. The summed E-state index contributed by atoms with van der Waals surface area (Å²) in [4.78, 5) is 60.7. The average Bonchev–Trinajstić information content (AvgIpc) is 4.10. The minimum atomic E-state index is -0.843. The number of rotatable bonds is 14. The summed E-state index contributed by atoms with van der Waals surface area (Å²) in [5, 5.41) is 16.3. The lowest BCUT2D eigenvalue weighted by Gasteiger charge is -2.26. The summed E-state index contributed by atoms with van der Waals surface area (Å²) in [6, 6.07) is 23.2. The summed E-state index contributed by atoms with van der Waals surface area (Å²) in [7, 11) is 30.4. The lowest BCUT2D eigenvalue weighted by molar-refractivity contribution is -0.193. The quantitative estimate of drug-likeness (QED) is 0.118. The summed E-state index contributed by atoms with van der Waals surface area (Å²) in [5.74, 6) is -0.0311. The minimum absolute atomic E-state index is 0. The van der Waals surface area contributed by atoms with E-state index in [-0.39, 0.29) is 31.6 Å². The van der Waals surface area contributed by atoms with Crippen molar-refractivity contribution in [1.29, 1.82) is 0 Å². The van der Waals surface area contributed by atoms with Crippen LogP contribution in [0.15, 0.2) is 83.6 Å². The maximum atomic E-state index is 12.9. The van der Waals surface area contributed by atoms with Crippen molar-refractivity contribution >= 4 is 211 Å². The highest BCUT2D eigenvalue weighted by molar-refractivity contribution is 8.77. The molecule has 31 heteroatoms. The molecular weight excluding hydrogens is 1280 g/mol. The van der Waals surface area contributed by atoms with Gasteiger partial charge in [-0.1, -0.05) is 69.8 Å². The topological polar surface area (TPSA) is 156 Å².